The maximum Gasteiger partial charge on any atom is 0.224 e. The Hall–Kier alpha value is -2.25. The summed E-state index contributed by atoms with van der Waals surface area (Å²) in [6.45, 7) is 5.96. The molecule has 0 aliphatic carbocycles. The van der Waals surface area contributed by atoms with Crippen LogP contribution in [0.3, 0.4) is 0 Å². The molecule has 0 spiro atoms. The molecule has 8 nitrogen and oxygen atoms in total. The van der Waals surface area contributed by atoms with E-state index in [0.717, 1.165) is 31.0 Å². The quantitative estimate of drug-likeness (QED) is 0.832. The molecule has 22 heavy (non-hydrogen) atoms. The van der Waals surface area contributed by atoms with Gasteiger partial charge in [-0.05, 0) is 26.7 Å². The Bertz CT molecular complexity index is 634. The summed E-state index contributed by atoms with van der Waals surface area (Å²) in [5.74, 6) is 1.86. The van der Waals surface area contributed by atoms with Gasteiger partial charge in [0.25, 0.3) is 0 Å². The molecule has 1 atom stereocenters. The Labute approximate surface area is 129 Å². The zero-order valence-electron chi connectivity index (χ0n) is 13.0. The zero-order valence-corrected chi connectivity index (χ0v) is 13.0. The molecule has 1 fully saturated rings. The summed E-state index contributed by atoms with van der Waals surface area (Å²) in [6.07, 6.45) is 5.60. The van der Waals surface area contributed by atoms with Crippen molar-refractivity contribution in [1.82, 2.24) is 34.4 Å². The van der Waals surface area contributed by atoms with E-state index in [2.05, 4.69) is 20.2 Å². The molecule has 1 aliphatic heterocycles. The van der Waals surface area contributed by atoms with Gasteiger partial charge in [0.2, 0.25) is 5.91 Å². The SMILES string of the molecule is Cc1nc(C)n([C@H]2CCCN(C(=O)CCn3cncn3)C2)n1. The molecule has 2 aromatic heterocycles. The van der Waals surface area contributed by atoms with Gasteiger partial charge in [-0.15, -0.1) is 0 Å². The molecule has 8 heteroatoms. The molecule has 3 rings (SSSR count). The van der Waals surface area contributed by atoms with Crippen LogP contribution in [0, 0.1) is 13.8 Å². The van der Waals surface area contributed by atoms with Crippen molar-refractivity contribution in [2.75, 3.05) is 13.1 Å². The van der Waals surface area contributed by atoms with Crippen molar-refractivity contribution in [2.45, 2.75) is 45.7 Å². The number of piperidine rings is 1. The Balaban J connectivity index is 1.60. The Morgan fingerprint density at radius 2 is 2.27 bits per heavy atom. The van der Waals surface area contributed by atoms with Crippen molar-refractivity contribution in [1.29, 1.82) is 0 Å². The van der Waals surface area contributed by atoms with E-state index in [1.54, 1.807) is 11.0 Å². The summed E-state index contributed by atoms with van der Waals surface area (Å²) in [5.41, 5.74) is 0. The van der Waals surface area contributed by atoms with Gasteiger partial charge in [0, 0.05) is 19.5 Å². The summed E-state index contributed by atoms with van der Waals surface area (Å²) in [5, 5.41) is 8.48. The summed E-state index contributed by atoms with van der Waals surface area (Å²) in [7, 11) is 0. The van der Waals surface area contributed by atoms with Crippen molar-refractivity contribution < 1.29 is 4.79 Å². The Morgan fingerprint density at radius 1 is 1.41 bits per heavy atom. The first-order valence-corrected chi connectivity index (χ1v) is 7.63. The van der Waals surface area contributed by atoms with Crippen molar-refractivity contribution in [3.05, 3.63) is 24.3 Å². The number of amides is 1. The molecule has 0 saturated carbocycles. The number of aromatic nitrogens is 6. The second kappa shape index (κ2) is 6.25. The fourth-order valence-electron chi connectivity index (χ4n) is 2.98. The van der Waals surface area contributed by atoms with Gasteiger partial charge in [-0.25, -0.2) is 14.6 Å². The molecule has 0 unspecified atom stereocenters. The smallest absolute Gasteiger partial charge is 0.224 e. The first kappa shape index (κ1) is 14.7. The van der Waals surface area contributed by atoms with E-state index < -0.39 is 0 Å². The molecule has 118 valence electrons. The number of hydrogen-bond donors (Lipinski definition) is 0. The zero-order chi connectivity index (χ0) is 15.5. The van der Waals surface area contributed by atoms with Gasteiger partial charge in [0.1, 0.15) is 24.3 Å². The van der Waals surface area contributed by atoms with Gasteiger partial charge in [0.05, 0.1) is 12.6 Å². The van der Waals surface area contributed by atoms with E-state index >= 15 is 0 Å². The molecule has 0 aromatic carbocycles. The van der Waals surface area contributed by atoms with Crippen LogP contribution in [0.2, 0.25) is 0 Å². The van der Waals surface area contributed by atoms with Crippen LogP contribution in [-0.4, -0.2) is 53.4 Å². The van der Waals surface area contributed by atoms with Crippen molar-refractivity contribution >= 4 is 5.91 Å². The van der Waals surface area contributed by atoms with E-state index in [-0.39, 0.29) is 11.9 Å². The Kier molecular flexibility index (Phi) is 4.17. The maximum absolute atomic E-state index is 12.4. The first-order chi connectivity index (χ1) is 10.6. The minimum Gasteiger partial charge on any atom is -0.340 e. The van der Waals surface area contributed by atoms with Crippen molar-refractivity contribution in [3.63, 3.8) is 0 Å². The van der Waals surface area contributed by atoms with Crippen LogP contribution in [0.1, 0.15) is 37.0 Å². The minimum absolute atomic E-state index is 0.162. The van der Waals surface area contributed by atoms with Gasteiger partial charge >= 0.3 is 0 Å². The predicted octanol–water partition coefficient (Wildman–Crippen LogP) is 0.740. The van der Waals surface area contributed by atoms with E-state index in [1.807, 2.05) is 23.4 Å². The lowest BCUT2D eigenvalue weighted by Gasteiger charge is -2.33. The third kappa shape index (κ3) is 3.15. The van der Waals surface area contributed by atoms with Crippen LogP contribution in [0.25, 0.3) is 0 Å². The molecule has 0 N–H and O–H groups in total. The second-order valence-electron chi connectivity index (χ2n) is 5.70. The highest BCUT2D eigenvalue weighted by Gasteiger charge is 2.26. The summed E-state index contributed by atoms with van der Waals surface area (Å²) < 4.78 is 3.65. The standard InChI is InChI=1S/C14H21N7O/c1-11-17-12(2)21(18-11)13-4-3-6-19(8-13)14(22)5-7-20-10-15-9-16-20/h9-10,13H,3-8H2,1-2H3/t13-/m0/s1. The second-order valence-corrected chi connectivity index (χ2v) is 5.70. The fourth-order valence-corrected chi connectivity index (χ4v) is 2.98. The van der Waals surface area contributed by atoms with E-state index in [0.29, 0.717) is 19.5 Å². The van der Waals surface area contributed by atoms with Crippen LogP contribution in [0.4, 0.5) is 0 Å². The third-order valence-electron chi connectivity index (χ3n) is 4.02. The van der Waals surface area contributed by atoms with Crippen LogP contribution in [-0.2, 0) is 11.3 Å². The van der Waals surface area contributed by atoms with Crippen LogP contribution < -0.4 is 0 Å². The lowest BCUT2D eigenvalue weighted by Crippen LogP contribution is -2.41. The van der Waals surface area contributed by atoms with Crippen molar-refractivity contribution in [2.24, 2.45) is 0 Å². The molecule has 3 heterocycles. The highest BCUT2D eigenvalue weighted by Crippen LogP contribution is 2.22. The first-order valence-electron chi connectivity index (χ1n) is 7.63. The molecule has 0 bridgehead atoms. The van der Waals surface area contributed by atoms with Crippen LogP contribution in [0.15, 0.2) is 12.7 Å². The predicted molar refractivity (Wildman–Crippen MR) is 79.0 cm³/mol. The summed E-state index contributed by atoms with van der Waals surface area (Å²) in [6, 6.07) is 0.227. The number of hydrogen-bond acceptors (Lipinski definition) is 5. The normalized spacial score (nSPS) is 18.6. The molecule has 0 radical (unpaired) electrons. The molecule has 1 saturated heterocycles. The topological polar surface area (TPSA) is 81.7 Å². The number of rotatable bonds is 4. The van der Waals surface area contributed by atoms with Gasteiger partial charge in [-0.3, -0.25) is 9.48 Å². The van der Waals surface area contributed by atoms with E-state index in [4.69, 9.17) is 0 Å². The number of aryl methyl sites for hydroxylation is 3. The molecular formula is C14H21N7O. The monoisotopic (exact) mass is 303 g/mol. The molecule has 2 aromatic rings. The Morgan fingerprint density at radius 3 is 2.95 bits per heavy atom. The highest BCUT2D eigenvalue weighted by atomic mass is 16.2. The third-order valence-corrected chi connectivity index (χ3v) is 4.02. The number of carbonyl (C=O) groups excluding carboxylic acids is 1. The van der Waals surface area contributed by atoms with Gasteiger partial charge in [-0.1, -0.05) is 0 Å². The van der Waals surface area contributed by atoms with E-state index in [1.165, 1.54) is 6.33 Å². The van der Waals surface area contributed by atoms with Gasteiger partial charge in [-0.2, -0.15) is 10.2 Å². The number of nitrogens with zero attached hydrogens (tertiary/aromatic N) is 7. The summed E-state index contributed by atoms with van der Waals surface area (Å²) in [4.78, 5) is 22.6. The minimum atomic E-state index is 0.162. The lowest BCUT2D eigenvalue weighted by atomic mass is 10.1. The van der Waals surface area contributed by atoms with E-state index in [9.17, 15) is 4.79 Å². The lowest BCUT2D eigenvalue weighted by molar-refractivity contribution is -0.133. The van der Waals surface area contributed by atoms with Gasteiger partial charge < -0.3 is 4.90 Å². The summed E-state index contributed by atoms with van der Waals surface area (Å²) >= 11 is 0. The van der Waals surface area contributed by atoms with Crippen molar-refractivity contribution in [3.8, 4) is 0 Å². The van der Waals surface area contributed by atoms with Crippen LogP contribution in [0.5, 0.6) is 0 Å². The molecular weight excluding hydrogens is 282 g/mol. The molecule has 1 aliphatic rings. The fraction of sp³-hybridized carbons (Fsp3) is 0.643. The average molecular weight is 303 g/mol. The maximum atomic E-state index is 12.4. The largest absolute Gasteiger partial charge is 0.340 e. The van der Waals surface area contributed by atoms with Gasteiger partial charge in [0.15, 0.2) is 0 Å². The number of likely N-dealkylation sites (tertiary alicyclic amines) is 1. The van der Waals surface area contributed by atoms with Crippen LogP contribution >= 0.6 is 0 Å². The highest BCUT2D eigenvalue weighted by molar-refractivity contribution is 5.76. The number of carbonyl (C=O) groups is 1. The molecule has 1 amide bonds. The average Bonchev–Trinajstić information content (AvgIpc) is 3.14.